The molecule has 0 fully saturated rings. The number of hydrogen-bond acceptors (Lipinski definition) is 4. The minimum absolute atomic E-state index is 0.00458. The molecule has 0 aliphatic carbocycles. The van der Waals surface area contributed by atoms with E-state index in [2.05, 4.69) is 0 Å². The molecule has 0 bridgehead atoms. The van der Waals surface area contributed by atoms with Gasteiger partial charge in [-0.2, -0.15) is 0 Å². The molecule has 0 unspecified atom stereocenters. The average molecular weight is 176 g/mol. The van der Waals surface area contributed by atoms with E-state index in [1.54, 1.807) is 0 Å². The quantitative estimate of drug-likeness (QED) is 0.314. The molecule has 5 nitrogen and oxygen atoms in total. The van der Waals surface area contributed by atoms with Gasteiger partial charge < -0.3 is 20.3 Å². The van der Waals surface area contributed by atoms with Gasteiger partial charge in [-0.15, -0.1) is 0 Å². The van der Waals surface area contributed by atoms with Crippen molar-refractivity contribution in [3.8, 4) is 0 Å². The zero-order chi connectivity index (χ0) is 9.98. The van der Waals surface area contributed by atoms with Crippen molar-refractivity contribution < 1.29 is 25.1 Å². The zero-order valence-electron chi connectivity index (χ0n) is 6.90. The largest absolute Gasteiger partial charge is 0.478 e. The van der Waals surface area contributed by atoms with Crippen LogP contribution in [0.5, 0.6) is 0 Å². The van der Waals surface area contributed by atoms with Crippen molar-refractivity contribution in [2.75, 3.05) is 6.61 Å². The second-order valence-electron chi connectivity index (χ2n) is 1.85. The Morgan fingerprint density at radius 2 is 1.92 bits per heavy atom. The fraction of sp³-hybridized carbons (Fsp3) is 0.500. The van der Waals surface area contributed by atoms with Crippen LogP contribution in [0.25, 0.3) is 0 Å². The number of carbonyl (C=O) groups is 1. The lowest BCUT2D eigenvalue weighted by atomic mass is 10.2. The Morgan fingerprint density at radius 1 is 1.50 bits per heavy atom. The molecule has 70 valence electrons. The number of aliphatic hydroxyl groups is 1. The summed E-state index contributed by atoms with van der Waals surface area (Å²) in [5.41, 5.74) is 0.282. The van der Waals surface area contributed by atoms with Crippen LogP contribution in [0.1, 0.15) is 13.3 Å². The number of rotatable bonds is 3. The number of aliphatic hydroxyl groups excluding tert-OH is 1. The Morgan fingerprint density at radius 3 is 2.17 bits per heavy atom. The highest BCUT2D eigenvalue weighted by molar-refractivity contribution is 6.13. The van der Waals surface area contributed by atoms with Gasteiger partial charge in [0.25, 0.3) is 0 Å². The van der Waals surface area contributed by atoms with Crippen LogP contribution in [0.4, 0.5) is 0 Å². The minimum atomic E-state index is -0.927. The molecule has 0 amide bonds. The van der Waals surface area contributed by atoms with Crippen LogP contribution in [0.2, 0.25) is 0 Å². The van der Waals surface area contributed by atoms with Crippen molar-refractivity contribution >= 4 is 13.7 Å². The standard InChI is InChI=1S/C6H10O3.BH3O2/c1-5(6(8)9)3-2-4-7;2-1-3/h3,7H,2,4H2,1H3,(H,8,9);1-3H. The monoisotopic (exact) mass is 176 g/mol. The first kappa shape index (κ1) is 13.7. The normalized spacial score (nSPS) is 9.83. The Hall–Kier alpha value is -0.845. The van der Waals surface area contributed by atoms with Gasteiger partial charge in [0.05, 0.1) is 0 Å². The van der Waals surface area contributed by atoms with E-state index in [0.717, 1.165) is 0 Å². The van der Waals surface area contributed by atoms with E-state index in [4.69, 9.17) is 20.3 Å². The third-order valence-corrected chi connectivity index (χ3v) is 0.917. The van der Waals surface area contributed by atoms with Crippen LogP contribution in [-0.4, -0.2) is 40.5 Å². The maximum atomic E-state index is 10.1. The Kier molecular flexibility index (Phi) is 11.6. The lowest BCUT2D eigenvalue weighted by molar-refractivity contribution is -0.132. The molecular weight excluding hydrogens is 163 g/mol. The highest BCUT2D eigenvalue weighted by Crippen LogP contribution is 1.93. The Labute approximate surface area is 71.3 Å². The molecule has 0 atom stereocenters. The van der Waals surface area contributed by atoms with Crippen LogP contribution in [-0.2, 0) is 4.79 Å². The number of aliphatic carboxylic acids is 1. The Bertz CT molecular complexity index is 145. The summed E-state index contributed by atoms with van der Waals surface area (Å²) in [7, 11) is -0.750. The topological polar surface area (TPSA) is 98.0 Å². The van der Waals surface area contributed by atoms with Crippen LogP contribution in [0, 0.1) is 0 Å². The molecule has 6 heteroatoms. The summed E-state index contributed by atoms with van der Waals surface area (Å²) in [6.07, 6.45) is 1.90. The van der Waals surface area contributed by atoms with Gasteiger partial charge in [-0.3, -0.25) is 0 Å². The summed E-state index contributed by atoms with van der Waals surface area (Å²) in [4.78, 5) is 10.1. The third-order valence-electron chi connectivity index (χ3n) is 0.917. The predicted octanol–water partition coefficient (Wildman–Crippen LogP) is -1.36. The van der Waals surface area contributed by atoms with Crippen molar-refractivity contribution in [3.63, 3.8) is 0 Å². The molecule has 0 radical (unpaired) electrons. The summed E-state index contributed by atoms with van der Waals surface area (Å²) in [6.45, 7) is 1.50. The van der Waals surface area contributed by atoms with Crippen molar-refractivity contribution in [3.05, 3.63) is 11.6 Å². The molecular formula is C6H13BO5. The van der Waals surface area contributed by atoms with Gasteiger partial charge in [-0.25, -0.2) is 4.79 Å². The second kappa shape index (κ2) is 10.2. The summed E-state index contributed by atoms with van der Waals surface area (Å²) in [5, 5.41) is 30.8. The SMILES string of the molecule is CC(=CCCO)C(=O)O.OBO. The van der Waals surface area contributed by atoms with Crippen molar-refractivity contribution in [1.82, 2.24) is 0 Å². The van der Waals surface area contributed by atoms with Gasteiger partial charge in [-0.05, 0) is 13.3 Å². The average Bonchev–Trinajstić information content (AvgIpc) is 2.01. The molecule has 4 N–H and O–H groups in total. The van der Waals surface area contributed by atoms with E-state index in [1.165, 1.54) is 13.0 Å². The number of carboxylic acids is 1. The van der Waals surface area contributed by atoms with Crippen molar-refractivity contribution in [1.29, 1.82) is 0 Å². The molecule has 0 aliphatic heterocycles. The van der Waals surface area contributed by atoms with Gasteiger partial charge in [-0.1, -0.05) is 6.08 Å². The first-order valence-corrected chi connectivity index (χ1v) is 3.32. The summed E-state index contributed by atoms with van der Waals surface area (Å²) >= 11 is 0. The van der Waals surface area contributed by atoms with Crippen LogP contribution < -0.4 is 0 Å². The van der Waals surface area contributed by atoms with E-state index >= 15 is 0 Å². The summed E-state index contributed by atoms with van der Waals surface area (Å²) in [5.74, 6) is -0.927. The first-order valence-electron chi connectivity index (χ1n) is 3.32. The Balaban J connectivity index is 0. The van der Waals surface area contributed by atoms with E-state index in [9.17, 15) is 4.79 Å². The molecule has 0 aliphatic rings. The second-order valence-corrected chi connectivity index (χ2v) is 1.85. The highest BCUT2D eigenvalue weighted by atomic mass is 16.4. The minimum Gasteiger partial charge on any atom is -0.478 e. The molecule has 0 spiro atoms. The molecule has 0 rings (SSSR count). The smallest absolute Gasteiger partial charge is 0.432 e. The van der Waals surface area contributed by atoms with Crippen LogP contribution in [0.3, 0.4) is 0 Å². The van der Waals surface area contributed by atoms with Crippen molar-refractivity contribution in [2.24, 2.45) is 0 Å². The lowest BCUT2D eigenvalue weighted by Crippen LogP contribution is -1.95. The van der Waals surface area contributed by atoms with E-state index < -0.39 is 13.7 Å². The van der Waals surface area contributed by atoms with Gasteiger partial charge >= 0.3 is 13.7 Å². The third kappa shape index (κ3) is 11.9. The fourth-order valence-electron chi connectivity index (χ4n) is 0.368. The van der Waals surface area contributed by atoms with E-state index in [-0.39, 0.29) is 12.2 Å². The van der Waals surface area contributed by atoms with Gasteiger partial charge in [0.15, 0.2) is 0 Å². The van der Waals surface area contributed by atoms with E-state index in [1.807, 2.05) is 0 Å². The molecule has 0 aromatic heterocycles. The number of hydrogen-bond donors (Lipinski definition) is 4. The molecule has 12 heavy (non-hydrogen) atoms. The van der Waals surface area contributed by atoms with Crippen LogP contribution >= 0.6 is 0 Å². The number of carboxylic acid groups (broad SMARTS) is 1. The highest BCUT2D eigenvalue weighted by Gasteiger charge is 1.96. The summed E-state index contributed by atoms with van der Waals surface area (Å²) in [6, 6.07) is 0. The maximum Gasteiger partial charge on any atom is 0.432 e. The molecule has 0 saturated heterocycles. The van der Waals surface area contributed by atoms with E-state index in [0.29, 0.717) is 6.42 Å². The first-order chi connectivity index (χ1) is 5.59. The predicted molar refractivity (Wildman–Crippen MR) is 44.7 cm³/mol. The van der Waals surface area contributed by atoms with Gasteiger partial charge in [0.2, 0.25) is 0 Å². The fourth-order valence-corrected chi connectivity index (χ4v) is 0.368. The molecule has 0 aromatic rings. The van der Waals surface area contributed by atoms with Crippen LogP contribution in [0.15, 0.2) is 11.6 Å². The van der Waals surface area contributed by atoms with Crippen molar-refractivity contribution in [2.45, 2.75) is 13.3 Å². The molecule has 0 aromatic carbocycles. The lowest BCUT2D eigenvalue weighted by Gasteiger charge is -1.89. The van der Waals surface area contributed by atoms with Gasteiger partial charge in [0, 0.05) is 12.2 Å². The summed E-state index contributed by atoms with van der Waals surface area (Å²) < 4.78 is 0. The molecule has 0 heterocycles. The zero-order valence-corrected chi connectivity index (χ0v) is 6.90. The van der Waals surface area contributed by atoms with Gasteiger partial charge in [0.1, 0.15) is 0 Å². The molecule has 0 saturated carbocycles. The maximum absolute atomic E-state index is 10.1.